The van der Waals surface area contributed by atoms with E-state index in [1.807, 2.05) is 31.2 Å². The normalized spacial score (nSPS) is 19.7. The number of benzene rings is 1. The third-order valence-corrected chi connectivity index (χ3v) is 4.49. The van der Waals surface area contributed by atoms with Gasteiger partial charge in [0.05, 0.1) is 5.75 Å². The van der Waals surface area contributed by atoms with Gasteiger partial charge in [0.15, 0.2) is 0 Å². The highest BCUT2D eigenvalue weighted by molar-refractivity contribution is 7.88. The van der Waals surface area contributed by atoms with E-state index in [1.54, 1.807) is 0 Å². The molecule has 2 N–H and O–H groups in total. The number of halogens is 1. The van der Waals surface area contributed by atoms with Crippen molar-refractivity contribution in [1.29, 1.82) is 0 Å². The molecule has 1 aliphatic heterocycles. The van der Waals surface area contributed by atoms with Gasteiger partial charge in [-0.05, 0) is 31.9 Å². The molecule has 19 heavy (non-hydrogen) atoms. The summed E-state index contributed by atoms with van der Waals surface area (Å²) in [7, 11) is -3.24. The molecule has 0 aliphatic carbocycles. The molecule has 1 aliphatic rings. The Morgan fingerprint density at radius 2 is 2.21 bits per heavy atom. The Bertz CT molecular complexity index is 499. The summed E-state index contributed by atoms with van der Waals surface area (Å²) in [5.74, 6) is 0.0607. The van der Waals surface area contributed by atoms with Crippen molar-refractivity contribution in [2.24, 2.45) is 0 Å². The lowest BCUT2D eigenvalue weighted by Crippen LogP contribution is -2.45. The quantitative estimate of drug-likeness (QED) is 0.888. The molecule has 6 heteroatoms. The smallest absolute Gasteiger partial charge is 0.216 e. The van der Waals surface area contributed by atoms with Crippen LogP contribution in [0.25, 0.3) is 0 Å². The average molecular weight is 305 g/mol. The number of hydrogen-bond donors (Lipinski definition) is 2. The van der Waals surface area contributed by atoms with Gasteiger partial charge in [0, 0.05) is 12.6 Å². The van der Waals surface area contributed by atoms with Gasteiger partial charge in [-0.25, -0.2) is 13.1 Å². The Balaban J connectivity index is 0.00000180. The molecule has 0 saturated carbocycles. The Hall–Kier alpha value is -0.620. The fourth-order valence-electron chi connectivity index (χ4n) is 2.27. The molecular formula is C13H21ClN2O2S. The van der Waals surface area contributed by atoms with E-state index < -0.39 is 10.0 Å². The molecule has 4 nitrogen and oxygen atoms in total. The molecule has 0 radical (unpaired) electrons. The van der Waals surface area contributed by atoms with Crippen LogP contribution in [0, 0.1) is 6.92 Å². The summed E-state index contributed by atoms with van der Waals surface area (Å²) >= 11 is 0. The van der Waals surface area contributed by atoms with Gasteiger partial charge in [-0.1, -0.05) is 29.8 Å². The highest BCUT2D eigenvalue weighted by Gasteiger charge is 2.20. The first-order valence-corrected chi connectivity index (χ1v) is 7.97. The maximum Gasteiger partial charge on any atom is 0.216 e. The fraction of sp³-hybridized carbons (Fsp3) is 0.538. The standard InChI is InChI=1S/C13H20N2O2S.ClH/c1-11-4-2-5-12(8-11)10-18(16,17)15-13-6-3-7-14-9-13;/h2,4-5,8,13-15H,3,6-7,9-10H2,1H3;1H. The Kier molecular flexibility index (Phi) is 6.26. The molecule has 1 aromatic rings. The van der Waals surface area contributed by atoms with Crippen LogP contribution >= 0.6 is 12.4 Å². The first-order chi connectivity index (χ1) is 8.55. The molecule has 0 amide bonds. The van der Waals surface area contributed by atoms with Crippen molar-refractivity contribution in [3.63, 3.8) is 0 Å². The van der Waals surface area contributed by atoms with E-state index in [0.29, 0.717) is 0 Å². The molecule has 0 bridgehead atoms. The number of sulfonamides is 1. The number of hydrogen-bond acceptors (Lipinski definition) is 3. The second kappa shape index (κ2) is 7.24. The molecule has 1 atom stereocenters. The van der Waals surface area contributed by atoms with Crippen molar-refractivity contribution in [3.8, 4) is 0 Å². The van der Waals surface area contributed by atoms with E-state index in [-0.39, 0.29) is 24.2 Å². The fourth-order valence-corrected chi connectivity index (χ4v) is 3.68. The maximum absolute atomic E-state index is 12.0. The zero-order valence-corrected chi connectivity index (χ0v) is 12.7. The summed E-state index contributed by atoms with van der Waals surface area (Å²) in [6.45, 7) is 3.68. The van der Waals surface area contributed by atoms with Crippen molar-refractivity contribution in [2.75, 3.05) is 13.1 Å². The van der Waals surface area contributed by atoms with Gasteiger partial charge in [0.1, 0.15) is 0 Å². The second-order valence-corrected chi connectivity index (χ2v) is 6.66. The van der Waals surface area contributed by atoms with Crippen molar-refractivity contribution in [1.82, 2.24) is 10.0 Å². The van der Waals surface area contributed by atoms with Gasteiger partial charge >= 0.3 is 0 Å². The molecule has 2 rings (SSSR count). The summed E-state index contributed by atoms with van der Waals surface area (Å²) in [5.41, 5.74) is 1.92. The van der Waals surface area contributed by atoms with Gasteiger partial charge < -0.3 is 5.32 Å². The molecule has 1 heterocycles. The topological polar surface area (TPSA) is 58.2 Å². The molecule has 1 saturated heterocycles. The lowest BCUT2D eigenvalue weighted by Gasteiger charge is -2.23. The van der Waals surface area contributed by atoms with E-state index in [9.17, 15) is 8.42 Å². The highest BCUT2D eigenvalue weighted by Crippen LogP contribution is 2.10. The second-order valence-electron chi connectivity index (χ2n) is 4.91. The summed E-state index contributed by atoms with van der Waals surface area (Å²) in [4.78, 5) is 0. The summed E-state index contributed by atoms with van der Waals surface area (Å²) < 4.78 is 26.9. The van der Waals surface area contributed by atoms with E-state index in [0.717, 1.165) is 37.1 Å². The van der Waals surface area contributed by atoms with Crippen molar-refractivity contribution >= 4 is 22.4 Å². The maximum atomic E-state index is 12.0. The SMILES string of the molecule is Cc1cccc(CS(=O)(=O)NC2CCCNC2)c1.Cl. The van der Waals surface area contributed by atoms with Crippen LogP contribution in [0.4, 0.5) is 0 Å². The zero-order chi connectivity index (χ0) is 13.0. The van der Waals surface area contributed by atoms with E-state index in [4.69, 9.17) is 0 Å². The molecule has 1 aromatic carbocycles. The average Bonchev–Trinajstić information content (AvgIpc) is 2.28. The molecular weight excluding hydrogens is 284 g/mol. The number of aryl methyl sites for hydroxylation is 1. The predicted octanol–water partition coefficient (Wildman–Crippen LogP) is 1.59. The van der Waals surface area contributed by atoms with Crippen molar-refractivity contribution < 1.29 is 8.42 Å². The van der Waals surface area contributed by atoms with Gasteiger partial charge in [-0.3, -0.25) is 0 Å². The largest absolute Gasteiger partial charge is 0.315 e. The summed E-state index contributed by atoms with van der Waals surface area (Å²) in [6.07, 6.45) is 1.94. The third kappa shape index (κ3) is 5.48. The molecule has 108 valence electrons. The van der Waals surface area contributed by atoms with E-state index in [2.05, 4.69) is 10.0 Å². The lowest BCUT2D eigenvalue weighted by atomic mass is 10.1. The summed E-state index contributed by atoms with van der Waals surface area (Å²) in [5, 5.41) is 3.20. The highest BCUT2D eigenvalue weighted by atomic mass is 35.5. The first-order valence-electron chi connectivity index (χ1n) is 6.31. The van der Waals surface area contributed by atoms with Crippen LogP contribution in [0.3, 0.4) is 0 Å². The molecule has 0 aromatic heterocycles. The lowest BCUT2D eigenvalue weighted by molar-refractivity contribution is 0.428. The number of piperidine rings is 1. The first kappa shape index (κ1) is 16.4. The van der Waals surface area contributed by atoms with E-state index >= 15 is 0 Å². The third-order valence-electron chi connectivity index (χ3n) is 3.08. The van der Waals surface area contributed by atoms with Gasteiger partial charge in [0.25, 0.3) is 0 Å². The predicted molar refractivity (Wildman–Crippen MR) is 80.1 cm³/mol. The summed E-state index contributed by atoms with van der Waals surface area (Å²) in [6, 6.07) is 7.66. The van der Waals surface area contributed by atoms with Crippen LogP contribution in [0.1, 0.15) is 24.0 Å². The van der Waals surface area contributed by atoms with Crippen molar-refractivity contribution in [3.05, 3.63) is 35.4 Å². The van der Waals surface area contributed by atoms with Crippen LogP contribution in [0.5, 0.6) is 0 Å². The Morgan fingerprint density at radius 3 is 2.84 bits per heavy atom. The molecule has 1 unspecified atom stereocenters. The Labute approximate surface area is 121 Å². The van der Waals surface area contributed by atoms with Gasteiger partial charge in [-0.15, -0.1) is 12.4 Å². The van der Waals surface area contributed by atoms with E-state index in [1.165, 1.54) is 0 Å². The monoisotopic (exact) mass is 304 g/mol. The van der Waals surface area contributed by atoms with Crippen LogP contribution in [0.2, 0.25) is 0 Å². The molecule has 1 fully saturated rings. The minimum atomic E-state index is -3.24. The van der Waals surface area contributed by atoms with Gasteiger partial charge in [-0.2, -0.15) is 0 Å². The minimum Gasteiger partial charge on any atom is -0.315 e. The van der Waals surface area contributed by atoms with Crippen LogP contribution in [-0.2, 0) is 15.8 Å². The van der Waals surface area contributed by atoms with Crippen LogP contribution in [-0.4, -0.2) is 27.5 Å². The minimum absolute atomic E-state index is 0. The Morgan fingerprint density at radius 1 is 1.42 bits per heavy atom. The number of rotatable bonds is 4. The zero-order valence-electron chi connectivity index (χ0n) is 11.1. The van der Waals surface area contributed by atoms with Crippen LogP contribution < -0.4 is 10.0 Å². The van der Waals surface area contributed by atoms with Crippen LogP contribution in [0.15, 0.2) is 24.3 Å². The van der Waals surface area contributed by atoms with Gasteiger partial charge in [0.2, 0.25) is 10.0 Å². The number of nitrogens with one attached hydrogen (secondary N) is 2. The van der Waals surface area contributed by atoms with Crippen molar-refractivity contribution in [2.45, 2.75) is 31.6 Å². The molecule has 0 spiro atoms.